The zero-order valence-electron chi connectivity index (χ0n) is 11.5. The van der Waals surface area contributed by atoms with Crippen LogP contribution in [-0.2, 0) is 12.7 Å². The minimum Gasteiger partial charge on any atom is -0.283 e. The highest BCUT2D eigenvalue weighted by atomic mass is 79.9. The van der Waals surface area contributed by atoms with Crippen LogP contribution in [0.2, 0.25) is 5.02 Å². The number of anilines is 1. The van der Waals surface area contributed by atoms with E-state index in [0.29, 0.717) is 12.7 Å². The molecule has 4 nitrogen and oxygen atoms in total. The lowest BCUT2D eigenvalue weighted by molar-refractivity contribution is -0.137. The Kier molecular flexibility index (Phi) is 4.86. The van der Waals surface area contributed by atoms with E-state index in [2.05, 4.69) is 10.4 Å². The van der Waals surface area contributed by atoms with Gasteiger partial charge in [-0.1, -0.05) is 35.9 Å². The molecule has 2 N–H and O–H groups in total. The lowest BCUT2D eigenvalue weighted by Gasteiger charge is -2.20. The fourth-order valence-corrected chi connectivity index (χ4v) is 2.39. The summed E-state index contributed by atoms with van der Waals surface area (Å²) < 4.78 is 37.7. The number of nitrogens with zero attached hydrogens (tertiary/aromatic N) is 2. The Morgan fingerprint density at radius 3 is 2.57 bits per heavy atom. The van der Waals surface area contributed by atoms with E-state index in [1.54, 1.807) is 6.07 Å². The normalized spacial score (nSPS) is 13.6. The van der Waals surface area contributed by atoms with Crippen LogP contribution in [-0.4, -0.2) is 15.8 Å². The molecule has 1 aromatic heterocycles. The molecule has 0 atom stereocenters. The number of nitrogens with one attached hydrogen (secondary N) is 2. The maximum absolute atomic E-state index is 12.6. The van der Waals surface area contributed by atoms with Crippen molar-refractivity contribution >= 4 is 40.2 Å². The third-order valence-electron chi connectivity index (χ3n) is 3.28. The second-order valence-electron chi connectivity index (χ2n) is 4.76. The first-order valence-electron chi connectivity index (χ1n) is 6.30. The fraction of sp³-hybridized carbons (Fsp3) is 0.143. The van der Waals surface area contributed by atoms with Gasteiger partial charge < -0.3 is 0 Å². The number of hydrogen-bond donors (Lipinski definition) is 2. The molecule has 1 aliphatic rings. The number of hydrazine groups is 1. The van der Waals surface area contributed by atoms with Gasteiger partial charge in [0.2, 0.25) is 0 Å². The molecule has 0 radical (unpaired) electrons. The first kappa shape index (κ1) is 17.6. The molecule has 0 saturated carbocycles. The van der Waals surface area contributed by atoms with E-state index in [-0.39, 0.29) is 33.7 Å². The monoisotopic (exact) mass is 406 g/mol. The van der Waals surface area contributed by atoms with Crippen LogP contribution in [0.15, 0.2) is 36.5 Å². The first-order chi connectivity index (χ1) is 10.4. The average molecular weight is 408 g/mol. The van der Waals surface area contributed by atoms with Crippen LogP contribution < -0.4 is 5.43 Å². The molecule has 0 amide bonds. The zero-order valence-corrected chi connectivity index (χ0v) is 14.0. The van der Waals surface area contributed by atoms with E-state index in [9.17, 15) is 13.2 Å². The molecule has 0 bridgehead atoms. The molecule has 2 heterocycles. The van der Waals surface area contributed by atoms with E-state index in [1.165, 1.54) is 5.01 Å². The van der Waals surface area contributed by atoms with Gasteiger partial charge in [-0.15, -0.1) is 17.0 Å². The summed E-state index contributed by atoms with van der Waals surface area (Å²) in [7, 11) is 0. The molecule has 0 fully saturated rings. The highest BCUT2D eigenvalue weighted by Gasteiger charge is 2.32. The predicted octanol–water partition coefficient (Wildman–Crippen LogP) is 4.50. The summed E-state index contributed by atoms with van der Waals surface area (Å²) in [4.78, 5) is 3.70. The highest BCUT2D eigenvalue weighted by molar-refractivity contribution is 8.93. The lowest BCUT2D eigenvalue weighted by Crippen LogP contribution is -2.30. The Hall–Kier alpha value is -1.80. The van der Waals surface area contributed by atoms with Gasteiger partial charge in [0.05, 0.1) is 17.1 Å². The Balaban J connectivity index is 0.00000192. The SMILES string of the molecule is Br.N=C1c2ccccc2CN1Nc1ncc(C(F)(F)F)cc1Cl. The molecule has 23 heavy (non-hydrogen) atoms. The second kappa shape index (κ2) is 6.37. The van der Waals surface area contributed by atoms with Crippen LogP contribution in [0.1, 0.15) is 16.7 Å². The van der Waals surface area contributed by atoms with Crippen molar-refractivity contribution in [2.75, 3.05) is 5.43 Å². The van der Waals surface area contributed by atoms with Crippen molar-refractivity contribution in [2.45, 2.75) is 12.7 Å². The third kappa shape index (κ3) is 3.42. The number of benzene rings is 1. The van der Waals surface area contributed by atoms with Gasteiger partial charge in [0.15, 0.2) is 5.82 Å². The van der Waals surface area contributed by atoms with Gasteiger partial charge in [-0.05, 0) is 11.6 Å². The molecule has 3 rings (SSSR count). The van der Waals surface area contributed by atoms with Crippen LogP contribution in [0, 0.1) is 5.41 Å². The number of aromatic nitrogens is 1. The van der Waals surface area contributed by atoms with Crippen molar-refractivity contribution in [3.05, 3.63) is 58.2 Å². The number of rotatable bonds is 2. The van der Waals surface area contributed by atoms with Crippen LogP contribution in [0.3, 0.4) is 0 Å². The summed E-state index contributed by atoms with van der Waals surface area (Å²) in [6.07, 6.45) is -3.78. The van der Waals surface area contributed by atoms with Crippen LogP contribution in [0.25, 0.3) is 0 Å². The number of alkyl halides is 3. The third-order valence-corrected chi connectivity index (χ3v) is 3.57. The van der Waals surface area contributed by atoms with Crippen molar-refractivity contribution in [3.63, 3.8) is 0 Å². The first-order valence-corrected chi connectivity index (χ1v) is 6.68. The van der Waals surface area contributed by atoms with Gasteiger partial charge in [-0.25, -0.2) is 4.98 Å². The Labute approximate surface area is 145 Å². The van der Waals surface area contributed by atoms with E-state index in [4.69, 9.17) is 17.0 Å². The van der Waals surface area contributed by atoms with E-state index in [0.717, 1.165) is 17.2 Å². The topological polar surface area (TPSA) is 52.0 Å². The molecule has 0 aliphatic carbocycles. The summed E-state index contributed by atoms with van der Waals surface area (Å²) >= 11 is 5.85. The predicted molar refractivity (Wildman–Crippen MR) is 87.0 cm³/mol. The minimum absolute atomic E-state index is 0. The second-order valence-corrected chi connectivity index (χ2v) is 5.16. The number of halogens is 5. The molecule has 0 spiro atoms. The summed E-state index contributed by atoms with van der Waals surface area (Å²) in [6.45, 7) is 0.411. The van der Waals surface area contributed by atoms with E-state index >= 15 is 0 Å². The number of fused-ring (bicyclic) bond motifs is 1. The zero-order chi connectivity index (χ0) is 15.9. The number of amidine groups is 1. The van der Waals surface area contributed by atoms with Gasteiger partial charge in [-0.3, -0.25) is 15.8 Å². The summed E-state index contributed by atoms with van der Waals surface area (Å²) in [5.74, 6) is 0.292. The van der Waals surface area contributed by atoms with Crippen molar-refractivity contribution in [2.24, 2.45) is 0 Å². The molecule has 1 aliphatic heterocycles. The summed E-state index contributed by atoms with van der Waals surface area (Å²) in [5.41, 5.74) is 3.58. The average Bonchev–Trinajstić information content (AvgIpc) is 2.77. The van der Waals surface area contributed by atoms with E-state index in [1.807, 2.05) is 18.2 Å². The van der Waals surface area contributed by atoms with Crippen LogP contribution >= 0.6 is 28.6 Å². The quantitative estimate of drug-likeness (QED) is 0.771. The van der Waals surface area contributed by atoms with Crippen LogP contribution in [0.4, 0.5) is 19.0 Å². The Bertz CT molecular complexity index is 751. The lowest BCUT2D eigenvalue weighted by atomic mass is 10.1. The smallest absolute Gasteiger partial charge is 0.283 e. The van der Waals surface area contributed by atoms with Gasteiger partial charge >= 0.3 is 6.18 Å². The number of hydrogen-bond acceptors (Lipinski definition) is 3. The maximum Gasteiger partial charge on any atom is 0.417 e. The standard InChI is InChI=1S/C14H10ClF3N4.BrH/c15-11-5-9(14(16,17)18)6-20-13(11)21-22-7-8-3-1-2-4-10(8)12(22)19;/h1-6,19H,7H2,(H,20,21);1H. The maximum atomic E-state index is 12.6. The summed E-state index contributed by atoms with van der Waals surface area (Å²) in [5, 5.41) is 9.39. The van der Waals surface area contributed by atoms with Crippen molar-refractivity contribution in [3.8, 4) is 0 Å². The molecule has 9 heteroatoms. The van der Waals surface area contributed by atoms with E-state index < -0.39 is 11.7 Å². The van der Waals surface area contributed by atoms with Crippen LogP contribution in [0.5, 0.6) is 0 Å². The fourth-order valence-electron chi connectivity index (χ4n) is 2.18. The summed E-state index contributed by atoms with van der Waals surface area (Å²) in [6, 6.07) is 8.18. The van der Waals surface area contributed by atoms with Crippen molar-refractivity contribution in [1.82, 2.24) is 9.99 Å². The molecule has 0 unspecified atom stereocenters. The molecular weight excluding hydrogens is 397 g/mol. The molecule has 2 aromatic rings. The van der Waals surface area contributed by atoms with Gasteiger partial charge in [0.1, 0.15) is 5.84 Å². The Morgan fingerprint density at radius 2 is 1.96 bits per heavy atom. The van der Waals surface area contributed by atoms with Gasteiger partial charge in [0, 0.05) is 11.8 Å². The van der Waals surface area contributed by atoms with Crippen molar-refractivity contribution in [1.29, 1.82) is 5.41 Å². The largest absolute Gasteiger partial charge is 0.417 e. The van der Waals surface area contributed by atoms with Crippen molar-refractivity contribution < 1.29 is 13.2 Å². The molecular formula is C14H11BrClF3N4. The highest BCUT2D eigenvalue weighted by Crippen LogP contribution is 2.33. The molecule has 0 saturated heterocycles. The van der Waals surface area contributed by atoms with Gasteiger partial charge in [-0.2, -0.15) is 13.2 Å². The van der Waals surface area contributed by atoms with Gasteiger partial charge in [0.25, 0.3) is 0 Å². The Morgan fingerprint density at radius 1 is 1.26 bits per heavy atom. The molecule has 122 valence electrons. The minimum atomic E-state index is -4.49. The number of pyridine rings is 1. The molecule has 1 aromatic carbocycles.